The summed E-state index contributed by atoms with van der Waals surface area (Å²) >= 11 is 1.32. The number of aryl methyl sites for hydroxylation is 1. The molecular weight excluding hydrogens is 372 g/mol. The van der Waals surface area contributed by atoms with Gasteiger partial charge in [0.15, 0.2) is 5.82 Å². The summed E-state index contributed by atoms with van der Waals surface area (Å²) in [7, 11) is 0. The lowest BCUT2D eigenvalue weighted by Crippen LogP contribution is -2.24. The van der Waals surface area contributed by atoms with E-state index in [4.69, 9.17) is 0 Å². The molecule has 2 atom stereocenters. The number of thioether (sulfide) groups is 1. The van der Waals surface area contributed by atoms with Gasteiger partial charge in [-0.1, -0.05) is 49.9 Å². The molecule has 3 aromatic rings. The fourth-order valence-corrected chi connectivity index (χ4v) is 3.43. The lowest BCUT2D eigenvalue weighted by molar-refractivity contribution is -0.115. The topological polar surface area (TPSA) is 88.5 Å². The SMILES string of the molecule is CCc1ccc(-c2nc(S[C@@H](C)C(=O)Nc3ccnn3[C@H](C)CC)n[nH]2)cc1. The van der Waals surface area contributed by atoms with E-state index in [1.807, 2.05) is 29.8 Å². The molecule has 2 aromatic heterocycles. The van der Waals surface area contributed by atoms with Crippen molar-refractivity contribution in [3.05, 3.63) is 42.1 Å². The van der Waals surface area contributed by atoms with Crippen LogP contribution in [0.3, 0.4) is 0 Å². The third-order valence-electron chi connectivity index (χ3n) is 4.68. The zero-order valence-electron chi connectivity index (χ0n) is 16.6. The Hall–Kier alpha value is -2.61. The second kappa shape index (κ2) is 9.05. The molecule has 148 valence electrons. The van der Waals surface area contributed by atoms with E-state index in [0.29, 0.717) is 16.8 Å². The summed E-state index contributed by atoms with van der Waals surface area (Å²) < 4.78 is 1.83. The van der Waals surface area contributed by atoms with Crippen LogP contribution in [0, 0.1) is 0 Å². The average Bonchev–Trinajstić information content (AvgIpc) is 3.37. The van der Waals surface area contributed by atoms with Crippen molar-refractivity contribution in [1.82, 2.24) is 25.0 Å². The molecule has 0 aliphatic carbocycles. The first-order valence-electron chi connectivity index (χ1n) is 9.54. The molecule has 7 nitrogen and oxygen atoms in total. The number of amides is 1. The van der Waals surface area contributed by atoms with Gasteiger partial charge in [-0.2, -0.15) is 5.10 Å². The summed E-state index contributed by atoms with van der Waals surface area (Å²) in [6.45, 7) is 8.13. The normalized spacial score (nSPS) is 13.3. The Morgan fingerprint density at radius 1 is 1.21 bits per heavy atom. The first kappa shape index (κ1) is 20.1. The summed E-state index contributed by atoms with van der Waals surface area (Å²) in [6.07, 6.45) is 3.64. The number of rotatable bonds is 8. The van der Waals surface area contributed by atoms with E-state index in [1.54, 1.807) is 6.20 Å². The zero-order chi connectivity index (χ0) is 20.1. The monoisotopic (exact) mass is 398 g/mol. The third kappa shape index (κ3) is 4.62. The van der Waals surface area contributed by atoms with Gasteiger partial charge in [-0.15, -0.1) is 5.10 Å². The van der Waals surface area contributed by atoms with Crippen LogP contribution in [0.2, 0.25) is 0 Å². The van der Waals surface area contributed by atoms with Gasteiger partial charge in [0.1, 0.15) is 5.82 Å². The number of benzene rings is 1. The molecule has 8 heteroatoms. The number of nitrogens with zero attached hydrogens (tertiary/aromatic N) is 4. The molecule has 0 spiro atoms. The van der Waals surface area contributed by atoms with E-state index in [-0.39, 0.29) is 17.2 Å². The van der Waals surface area contributed by atoms with E-state index in [0.717, 1.165) is 18.4 Å². The van der Waals surface area contributed by atoms with Crippen molar-refractivity contribution >= 4 is 23.5 Å². The van der Waals surface area contributed by atoms with Crippen LogP contribution >= 0.6 is 11.8 Å². The molecule has 0 aliphatic heterocycles. The van der Waals surface area contributed by atoms with Crippen LogP contribution < -0.4 is 5.32 Å². The molecule has 2 N–H and O–H groups in total. The van der Waals surface area contributed by atoms with E-state index in [1.165, 1.54) is 17.3 Å². The van der Waals surface area contributed by atoms with Gasteiger partial charge in [0.05, 0.1) is 17.5 Å². The Bertz CT molecular complexity index is 917. The number of H-pyrrole nitrogens is 1. The minimum atomic E-state index is -0.341. The second-order valence-corrected chi connectivity index (χ2v) is 7.99. The maximum Gasteiger partial charge on any atom is 0.238 e. The van der Waals surface area contributed by atoms with Crippen molar-refractivity contribution in [3.8, 4) is 11.4 Å². The zero-order valence-corrected chi connectivity index (χ0v) is 17.5. The maximum atomic E-state index is 12.6. The number of hydrogen-bond acceptors (Lipinski definition) is 5. The van der Waals surface area contributed by atoms with E-state index in [9.17, 15) is 4.79 Å². The highest BCUT2D eigenvalue weighted by Gasteiger charge is 2.19. The quantitative estimate of drug-likeness (QED) is 0.552. The maximum absolute atomic E-state index is 12.6. The van der Waals surface area contributed by atoms with Gasteiger partial charge in [-0.3, -0.25) is 9.89 Å². The average molecular weight is 399 g/mol. The Morgan fingerprint density at radius 2 is 1.96 bits per heavy atom. The largest absolute Gasteiger partial charge is 0.310 e. The van der Waals surface area contributed by atoms with Crippen molar-refractivity contribution < 1.29 is 4.79 Å². The predicted molar refractivity (Wildman–Crippen MR) is 112 cm³/mol. The van der Waals surface area contributed by atoms with E-state index in [2.05, 4.69) is 58.5 Å². The van der Waals surface area contributed by atoms with Crippen molar-refractivity contribution in [1.29, 1.82) is 0 Å². The standard InChI is InChI=1S/C20H26N6OS/c1-5-13(3)26-17(11-12-21-26)22-19(27)14(4)28-20-23-18(24-25-20)16-9-7-15(6-2)8-10-16/h7-14H,5-6H2,1-4H3,(H,22,27)(H,23,24,25)/t13-,14+/m1/s1. The highest BCUT2D eigenvalue weighted by Crippen LogP contribution is 2.24. The van der Waals surface area contributed by atoms with Crippen molar-refractivity contribution in [2.24, 2.45) is 0 Å². The highest BCUT2D eigenvalue weighted by atomic mass is 32.2. The Kier molecular flexibility index (Phi) is 6.51. The summed E-state index contributed by atoms with van der Waals surface area (Å²) in [6, 6.07) is 10.3. The van der Waals surface area contributed by atoms with Gasteiger partial charge in [0.2, 0.25) is 11.1 Å². The molecule has 3 rings (SSSR count). The Morgan fingerprint density at radius 3 is 2.64 bits per heavy atom. The summed E-state index contributed by atoms with van der Waals surface area (Å²) in [5, 5.41) is 14.7. The molecule has 0 radical (unpaired) electrons. The van der Waals surface area contributed by atoms with Crippen LogP contribution in [0.1, 0.15) is 45.7 Å². The van der Waals surface area contributed by atoms with E-state index >= 15 is 0 Å². The molecule has 28 heavy (non-hydrogen) atoms. The molecular formula is C20H26N6OS. The van der Waals surface area contributed by atoms with E-state index < -0.39 is 0 Å². The summed E-state index contributed by atoms with van der Waals surface area (Å²) in [4.78, 5) is 17.1. The second-order valence-electron chi connectivity index (χ2n) is 6.68. The number of aromatic nitrogens is 5. The molecule has 0 aliphatic rings. The van der Waals surface area contributed by atoms with Gasteiger partial charge in [0.25, 0.3) is 0 Å². The van der Waals surface area contributed by atoms with Crippen molar-refractivity contribution in [2.45, 2.75) is 57.0 Å². The molecule has 0 saturated carbocycles. The molecule has 2 heterocycles. The summed E-state index contributed by atoms with van der Waals surface area (Å²) in [5.74, 6) is 1.31. The van der Waals surface area contributed by atoms with Gasteiger partial charge < -0.3 is 5.32 Å². The lowest BCUT2D eigenvalue weighted by atomic mass is 10.1. The molecule has 0 bridgehead atoms. The first-order valence-corrected chi connectivity index (χ1v) is 10.4. The number of nitrogens with one attached hydrogen (secondary N) is 2. The minimum absolute atomic E-state index is 0.103. The van der Waals surface area contributed by atoms with Crippen LogP contribution in [0.15, 0.2) is 41.7 Å². The third-order valence-corrected chi connectivity index (χ3v) is 5.64. The fourth-order valence-electron chi connectivity index (χ4n) is 2.70. The first-order chi connectivity index (χ1) is 13.5. The number of hydrogen-bond donors (Lipinski definition) is 2. The number of anilines is 1. The molecule has 1 aromatic carbocycles. The predicted octanol–water partition coefficient (Wildman–Crippen LogP) is 4.32. The smallest absolute Gasteiger partial charge is 0.238 e. The van der Waals surface area contributed by atoms with Crippen LogP contribution in [0.25, 0.3) is 11.4 Å². The van der Waals surface area contributed by atoms with Crippen LogP contribution in [-0.2, 0) is 11.2 Å². The van der Waals surface area contributed by atoms with Crippen LogP contribution in [0.5, 0.6) is 0 Å². The minimum Gasteiger partial charge on any atom is -0.310 e. The molecule has 0 saturated heterocycles. The van der Waals surface area contributed by atoms with Crippen molar-refractivity contribution in [3.63, 3.8) is 0 Å². The highest BCUT2D eigenvalue weighted by molar-refractivity contribution is 8.00. The van der Waals surface area contributed by atoms with Crippen LogP contribution in [-0.4, -0.2) is 36.1 Å². The number of carbonyl (C=O) groups excluding carboxylic acids is 1. The Labute approximate surface area is 169 Å². The molecule has 1 amide bonds. The number of aromatic amines is 1. The van der Waals surface area contributed by atoms with Gasteiger partial charge in [0, 0.05) is 11.6 Å². The number of carbonyl (C=O) groups is 1. The fraction of sp³-hybridized carbons (Fsp3) is 0.400. The van der Waals surface area contributed by atoms with Gasteiger partial charge in [-0.05, 0) is 32.3 Å². The molecule has 0 fully saturated rings. The van der Waals surface area contributed by atoms with Crippen molar-refractivity contribution in [2.75, 3.05) is 5.32 Å². The molecule has 0 unspecified atom stereocenters. The van der Waals surface area contributed by atoms with Gasteiger partial charge in [-0.25, -0.2) is 9.67 Å². The summed E-state index contributed by atoms with van der Waals surface area (Å²) in [5.41, 5.74) is 2.26. The Balaban J connectivity index is 1.63. The van der Waals surface area contributed by atoms with Gasteiger partial charge >= 0.3 is 0 Å². The lowest BCUT2D eigenvalue weighted by Gasteiger charge is -2.15. The van der Waals surface area contributed by atoms with Crippen LogP contribution in [0.4, 0.5) is 5.82 Å².